The van der Waals surface area contributed by atoms with E-state index in [0.717, 1.165) is 41.3 Å². The van der Waals surface area contributed by atoms with Crippen LogP contribution in [0.1, 0.15) is 44.1 Å². The van der Waals surface area contributed by atoms with E-state index in [2.05, 4.69) is 5.32 Å². The average Bonchev–Trinajstić information content (AvgIpc) is 2.99. The third-order valence-corrected chi connectivity index (χ3v) is 5.05. The van der Waals surface area contributed by atoms with Crippen LogP contribution in [-0.4, -0.2) is 29.5 Å². The van der Waals surface area contributed by atoms with Gasteiger partial charge in [0.25, 0.3) is 0 Å². The van der Waals surface area contributed by atoms with Crippen LogP contribution in [0.5, 0.6) is 5.75 Å². The molecular formula is C22H25NO5. The molecule has 0 saturated carbocycles. The standard InChI is InChI=1S/C22H25NO5/c24-20-14-16(22(27)23-20)13-15-10-11-19(18-8-5-4-7-17(15)18)28-12-6-2-1-3-9-21(25)26/h4-5,7-8,10-11,16H,1-3,6,9,12-14H2,(H,25,26)(H,23,24,27). The van der Waals surface area contributed by atoms with E-state index in [9.17, 15) is 14.4 Å². The molecule has 6 nitrogen and oxygen atoms in total. The van der Waals surface area contributed by atoms with Gasteiger partial charge in [0.1, 0.15) is 5.75 Å². The highest BCUT2D eigenvalue weighted by Gasteiger charge is 2.30. The number of carboxylic acids is 1. The number of carbonyl (C=O) groups is 3. The molecule has 1 saturated heterocycles. The summed E-state index contributed by atoms with van der Waals surface area (Å²) >= 11 is 0. The van der Waals surface area contributed by atoms with Gasteiger partial charge < -0.3 is 9.84 Å². The molecule has 1 heterocycles. The summed E-state index contributed by atoms with van der Waals surface area (Å²) in [6.45, 7) is 0.579. The van der Waals surface area contributed by atoms with Crippen molar-refractivity contribution in [3.63, 3.8) is 0 Å². The topological polar surface area (TPSA) is 92.7 Å². The lowest BCUT2D eigenvalue weighted by atomic mass is 9.93. The molecule has 0 aromatic heterocycles. The third-order valence-electron chi connectivity index (χ3n) is 5.05. The molecule has 0 radical (unpaired) electrons. The van der Waals surface area contributed by atoms with E-state index in [1.54, 1.807) is 0 Å². The zero-order chi connectivity index (χ0) is 19.9. The minimum absolute atomic E-state index is 0.197. The number of benzene rings is 2. The molecule has 3 rings (SSSR count). The van der Waals surface area contributed by atoms with Gasteiger partial charge in [0.05, 0.1) is 12.5 Å². The minimum atomic E-state index is -0.748. The Morgan fingerprint density at radius 1 is 1.04 bits per heavy atom. The number of aliphatic carboxylic acids is 1. The Morgan fingerprint density at radius 3 is 2.50 bits per heavy atom. The second-order valence-corrected chi connectivity index (χ2v) is 7.19. The van der Waals surface area contributed by atoms with Gasteiger partial charge in [0.15, 0.2) is 0 Å². The predicted octanol–water partition coefficient (Wildman–Crippen LogP) is 3.46. The molecule has 0 aliphatic carbocycles. The molecule has 1 fully saturated rings. The first kappa shape index (κ1) is 19.9. The Labute approximate surface area is 163 Å². The second-order valence-electron chi connectivity index (χ2n) is 7.19. The van der Waals surface area contributed by atoms with Gasteiger partial charge in [0.2, 0.25) is 11.8 Å². The molecule has 1 aliphatic rings. The van der Waals surface area contributed by atoms with E-state index in [4.69, 9.17) is 9.84 Å². The van der Waals surface area contributed by atoms with Crippen LogP contribution in [0.25, 0.3) is 10.8 Å². The van der Waals surface area contributed by atoms with Crippen LogP contribution in [0.2, 0.25) is 0 Å². The maximum atomic E-state index is 11.9. The molecule has 2 amide bonds. The maximum Gasteiger partial charge on any atom is 0.303 e. The Balaban J connectivity index is 1.61. The van der Waals surface area contributed by atoms with Crippen molar-refractivity contribution >= 4 is 28.6 Å². The summed E-state index contributed by atoms with van der Waals surface area (Å²) in [5.74, 6) is -0.660. The van der Waals surface area contributed by atoms with Crippen molar-refractivity contribution in [1.82, 2.24) is 5.32 Å². The number of hydrogen-bond acceptors (Lipinski definition) is 4. The summed E-state index contributed by atoms with van der Waals surface area (Å²) < 4.78 is 5.96. The summed E-state index contributed by atoms with van der Waals surface area (Å²) in [6.07, 6.45) is 4.39. The molecule has 1 aliphatic heterocycles. The fourth-order valence-corrected chi connectivity index (χ4v) is 3.59. The molecule has 148 valence electrons. The van der Waals surface area contributed by atoms with E-state index in [1.165, 1.54) is 0 Å². The third kappa shape index (κ3) is 5.09. The van der Waals surface area contributed by atoms with Crippen LogP contribution in [-0.2, 0) is 20.8 Å². The summed E-state index contributed by atoms with van der Waals surface area (Å²) in [7, 11) is 0. The number of hydrogen-bond donors (Lipinski definition) is 2. The zero-order valence-electron chi connectivity index (χ0n) is 15.8. The summed E-state index contributed by atoms with van der Waals surface area (Å²) in [5.41, 5.74) is 1.03. The lowest BCUT2D eigenvalue weighted by molar-refractivity contribution is -0.137. The van der Waals surface area contributed by atoms with Crippen molar-refractivity contribution in [3.05, 3.63) is 42.0 Å². The van der Waals surface area contributed by atoms with Crippen molar-refractivity contribution in [1.29, 1.82) is 0 Å². The number of nitrogens with one attached hydrogen (secondary N) is 1. The van der Waals surface area contributed by atoms with E-state index in [1.807, 2.05) is 36.4 Å². The van der Waals surface area contributed by atoms with Crippen molar-refractivity contribution in [3.8, 4) is 5.75 Å². The highest BCUT2D eigenvalue weighted by atomic mass is 16.5. The van der Waals surface area contributed by atoms with E-state index in [-0.39, 0.29) is 30.6 Å². The lowest BCUT2D eigenvalue weighted by Gasteiger charge is -2.14. The van der Waals surface area contributed by atoms with Gasteiger partial charge in [-0.1, -0.05) is 43.2 Å². The predicted molar refractivity (Wildman–Crippen MR) is 105 cm³/mol. The van der Waals surface area contributed by atoms with Crippen LogP contribution >= 0.6 is 0 Å². The molecule has 6 heteroatoms. The quantitative estimate of drug-likeness (QED) is 0.484. The molecule has 1 unspecified atom stereocenters. The minimum Gasteiger partial charge on any atom is -0.493 e. The Morgan fingerprint density at radius 2 is 1.79 bits per heavy atom. The molecular weight excluding hydrogens is 358 g/mol. The Kier molecular flexibility index (Phi) is 6.63. The van der Waals surface area contributed by atoms with Crippen LogP contribution in [0.15, 0.2) is 36.4 Å². The number of ether oxygens (including phenoxy) is 1. The van der Waals surface area contributed by atoms with E-state index < -0.39 is 5.97 Å². The molecule has 0 bridgehead atoms. The van der Waals surface area contributed by atoms with Gasteiger partial charge in [0, 0.05) is 18.2 Å². The van der Waals surface area contributed by atoms with Crippen LogP contribution in [0, 0.1) is 5.92 Å². The summed E-state index contributed by atoms with van der Waals surface area (Å²) in [5, 5.41) is 13.0. The fourth-order valence-electron chi connectivity index (χ4n) is 3.59. The van der Waals surface area contributed by atoms with Gasteiger partial charge in [-0.25, -0.2) is 0 Å². The first-order valence-electron chi connectivity index (χ1n) is 9.73. The number of unbranched alkanes of at least 4 members (excludes halogenated alkanes) is 3. The summed E-state index contributed by atoms with van der Waals surface area (Å²) in [6, 6.07) is 11.8. The monoisotopic (exact) mass is 383 g/mol. The largest absolute Gasteiger partial charge is 0.493 e. The van der Waals surface area contributed by atoms with Crippen LogP contribution in [0.3, 0.4) is 0 Å². The smallest absolute Gasteiger partial charge is 0.303 e. The number of carbonyl (C=O) groups excluding carboxylic acids is 2. The number of amides is 2. The highest BCUT2D eigenvalue weighted by molar-refractivity contribution is 6.03. The zero-order valence-corrected chi connectivity index (χ0v) is 15.8. The maximum absolute atomic E-state index is 11.9. The van der Waals surface area contributed by atoms with Crippen molar-refractivity contribution in [2.75, 3.05) is 6.61 Å². The van der Waals surface area contributed by atoms with E-state index in [0.29, 0.717) is 19.4 Å². The average molecular weight is 383 g/mol. The molecule has 2 aromatic rings. The number of carboxylic acid groups (broad SMARTS) is 1. The Bertz CT molecular complexity index is 876. The van der Waals surface area contributed by atoms with Crippen molar-refractivity contribution in [2.45, 2.75) is 44.9 Å². The van der Waals surface area contributed by atoms with Crippen molar-refractivity contribution < 1.29 is 24.2 Å². The van der Waals surface area contributed by atoms with E-state index >= 15 is 0 Å². The first-order chi connectivity index (χ1) is 13.5. The summed E-state index contributed by atoms with van der Waals surface area (Å²) in [4.78, 5) is 33.8. The van der Waals surface area contributed by atoms with Gasteiger partial charge in [-0.05, 0) is 36.3 Å². The number of imide groups is 1. The molecule has 2 N–H and O–H groups in total. The molecule has 1 atom stereocenters. The van der Waals surface area contributed by atoms with Gasteiger partial charge >= 0.3 is 5.97 Å². The van der Waals surface area contributed by atoms with Gasteiger partial charge in [-0.2, -0.15) is 0 Å². The molecule has 0 spiro atoms. The van der Waals surface area contributed by atoms with Crippen LogP contribution in [0.4, 0.5) is 0 Å². The molecule has 2 aromatic carbocycles. The molecule has 28 heavy (non-hydrogen) atoms. The Hall–Kier alpha value is -2.89. The fraction of sp³-hybridized carbons (Fsp3) is 0.409. The van der Waals surface area contributed by atoms with Gasteiger partial charge in [-0.15, -0.1) is 0 Å². The SMILES string of the molecule is O=C(O)CCCCCCOc1ccc(CC2CC(=O)NC2=O)c2ccccc12. The highest BCUT2D eigenvalue weighted by Crippen LogP contribution is 2.31. The number of rotatable bonds is 10. The van der Waals surface area contributed by atoms with Gasteiger partial charge in [-0.3, -0.25) is 19.7 Å². The second kappa shape index (κ2) is 9.35. The normalized spacial score (nSPS) is 16.4. The van der Waals surface area contributed by atoms with Crippen LogP contribution < -0.4 is 10.1 Å². The number of fused-ring (bicyclic) bond motifs is 1. The lowest BCUT2D eigenvalue weighted by Crippen LogP contribution is -2.22. The van der Waals surface area contributed by atoms with Crippen molar-refractivity contribution in [2.24, 2.45) is 5.92 Å². The first-order valence-corrected chi connectivity index (χ1v) is 9.73.